The molecule has 0 aliphatic rings. The van der Waals surface area contributed by atoms with Crippen molar-refractivity contribution < 1.29 is 32.7 Å². The molecule has 0 aromatic carbocycles. The quantitative estimate of drug-likeness (QED) is 0.668. The summed E-state index contributed by atoms with van der Waals surface area (Å²) in [7, 11) is 0. The van der Waals surface area contributed by atoms with Crippen molar-refractivity contribution in [1.29, 1.82) is 0 Å². The molecule has 1 heterocycles. The van der Waals surface area contributed by atoms with Gasteiger partial charge < -0.3 is 9.84 Å². The number of carbonyl (C=O) groups is 1. The van der Waals surface area contributed by atoms with Crippen LogP contribution in [-0.2, 0) is 0 Å². The lowest BCUT2D eigenvalue weighted by Crippen LogP contribution is -2.31. The van der Waals surface area contributed by atoms with Crippen LogP contribution < -0.4 is 4.74 Å². The molecule has 7 nitrogen and oxygen atoms in total. The van der Waals surface area contributed by atoms with Gasteiger partial charge in [-0.25, -0.2) is 9.78 Å². The van der Waals surface area contributed by atoms with E-state index >= 15 is 0 Å². The SMILES string of the molecule is CC(Oc1nc(C(=O)O)ccc1[N+](=O)[O-])C(F)(F)F. The Labute approximate surface area is 103 Å². The number of aromatic carboxylic acids is 1. The first kappa shape index (κ1) is 14.7. The van der Waals surface area contributed by atoms with E-state index in [1.165, 1.54) is 0 Å². The van der Waals surface area contributed by atoms with E-state index in [1.807, 2.05) is 0 Å². The fraction of sp³-hybridized carbons (Fsp3) is 0.333. The molecule has 0 saturated carbocycles. The van der Waals surface area contributed by atoms with Crippen LogP contribution in [0.1, 0.15) is 17.4 Å². The number of halogens is 3. The zero-order chi connectivity index (χ0) is 14.8. The van der Waals surface area contributed by atoms with Crippen molar-refractivity contribution in [2.45, 2.75) is 19.2 Å². The van der Waals surface area contributed by atoms with E-state index in [2.05, 4.69) is 9.72 Å². The molecule has 1 rings (SSSR count). The summed E-state index contributed by atoms with van der Waals surface area (Å²) >= 11 is 0. The van der Waals surface area contributed by atoms with Crippen molar-refractivity contribution in [2.75, 3.05) is 0 Å². The Balaban J connectivity index is 3.18. The maximum atomic E-state index is 12.3. The van der Waals surface area contributed by atoms with Gasteiger partial charge in [0.15, 0.2) is 11.8 Å². The highest BCUT2D eigenvalue weighted by atomic mass is 19.4. The van der Waals surface area contributed by atoms with Crippen molar-refractivity contribution in [3.05, 3.63) is 27.9 Å². The third-order valence-electron chi connectivity index (χ3n) is 2.01. The zero-order valence-corrected chi connectivity index (χ0v) is 9.34. The van der Waals surface area contributed by atoms with E-state index in [0.717, 1.165) is 12.1 Å². The van der Waals surface area contributed by atoms with Crippen LogP contribution in [0.5, 0.6) is 5.88 Å². The molecule has 0 saturated heterocycles. The van der Waals surface area contributed by atoms with Crippen LogP contribution >= 0.6 is 0 Å². The van der Waals surface area contributed by atoms with E-state index in [0.29, 0.717) is 6.92 Å². The molecule has 0 spiro atoms. The minimum absolute atomic E-state index is 0.624. The van der Waals surface area contributed by atoms with Crippen molar-refractivity contribution in [3.8, 4) is 5.88 Å². The fourth-order valence-corrected chi connectivity index (χ4v) is 1.01. The largest absolute Gasteiger partial charge is 0.477 e. The van der Waals surface area contributed by atoms with Gasteiger partial charge in [-0.1, -0.05) is 0 Å². The molecule has 19 heavy (non-hydrogen) atoms. The van der Waals surface area contributed by atoms with E-state index < -0.39 is 40.4 Å². The maximum absolute atomic E-state index is 12.3. The first-order chi connectivity index (χ1) is 8.62. The Hall–Kier alpha value is -2.39. The third-order valence-corrected chi connectivity index (χ3v) is 2.01. The highest BCUT2D eigenvalue weighted by Crippen LogP contribution is 2.30. The number of aromatic nitrogens is 1. The highest BCUT2D eigenvalue weighted by Gasteiger charge is 2.39. The Morgan fingerprint density at radius 2 is 2.11 bits per heavy atom. The smallest absolute Gasteiger partial charge is 0.425 e. The van der Waals surface area contributed by atoms with Gasteiger partial charge in [0.2, 0.25) is 0 Å². The molecule has 1 aromatic heterocycles. The second kappa shape index (κ2) is 5.08. The molecule has 1 aromatic rings. The van der Waals surface area contributed by atoms with Gasteiger partial charge in [-0.3, -0.25) is 10.1 Å². The summed E-state index contributed by atoms with van der Waals surface area (Å²) in [6, 6.07) is 1.51. The molecular formula is C9H7F3N2O5. The van der Waals surface area contributed by atoms with E-state index in [4.69, 9.17) is 5.11 Å². The van der Waals surface area contributed by atoms with Crippen LogP contribution in [0, 0.1) is 10.1 Å². The molecule has 1 N–H and O–H groups in total. The molecule has 0 bridgehead atoms. The van der Waals surface area contributed by atoms with E-state index in [9.17, 15) is 28.1 Å². The fourth-order valence-electron chi connectivity index (χ4n) is 1.01. The average molecular weight is 280 g/mol. The van der Waals surface area contributed by atoms with Gasteiger partial charge in [0.05, 0.1) is 4.92 Å². The Kier molecular flexibility index (Phi) is 3.92. The number of hydrogen-bond donors (Lipinski definition) is 1. The summed E-state index contributed by atoms with van der Waals surface area (Å²) in [6.07, 6.45) is -7.11. The van der Waals surface area contributed by atoms with E-state index in [-0.39, 0.29) is 0 Å². The molecule has 0 fully saturated rings. The standard InChI is InChI=1S/C9H7F3N2O5/c1-4(9(10,11)12)19-7-6(14(17)18)3-2-5(13-7)8(15)16/h2-4H,1H3,(H,15,16). The van der Waals surface area contributed by atoms with Gasteiger partial charge in [-0.15, -0.1) is 0 Å². The molecule has 1 atom stereocenters. The lowest BCUT2D eigenvalue weighted by molar-refractivity contribution is -0.386. The van der Waals surface area contributed by atoms with Crippen molar-refractivity contribution in [1.82, 2.24) is 4.98 Å². The molecule has 0 aliphatic carbocycles. The molecule has 0 amide bonds. The molecule has 0 radical (unpaired) electrons. The van der Waals surface area contributed by atoms with Gasteiger partial charge in [-0.2, -0.15) is 13.2 Å². The number of carboxylic acid groups (broad SMARTS) is 1. The van der Waals surface area contributed by atoms with Crippen LogP contribution in [-0.4, -0.2) is 33.3 Å². The van der Waals surface area contributed by atoms with Crippen LogP contribution in [0.4, 0.5) is 18.9 Å². The summed E-state index contributed by atoms with van der Waals surface area (Å²) in [5.41, 5.74) is -1.50. The predicted molar refractivity (Wildman–Crippen MR) is 54.0 cm³/mol. The van der Waals surface area contributed by atoms with Crippen molar-refractivity contribution in [3.63, 3.8) is 0 Å². The molecule has 1 unspecified atom stereocenters. The lowest BCUT2D eigenvalue weighted by atomic mass is 10.3. The lowest BCUT2D eigenvalue weighted by Gasteiger charge is -2.16. The number of carboxylic acids is 1. The second-order valence-corrected chi connectivity index (χ2v) is 3.38. The van der Waals surface area contributed by atoms with Crippen molar-refractivity contribution in [2.24, 2.45) is 0 Å². The zero-order valence-electron chi connectivity index (χ0n) is 9.34. The minimum atomic E-state index is -4.76. The molecular weight excluding hydrogens is 273 g/mol. The van der Waals surface area contributed by atoms with Gasteiger partial charge in [0, 0.05) is 6.07 Å². The summed E-state index contributed by atoms with van der Waals surface area (Å²) in [6.45, 7) is 0.624. The minimum Gasteiger partial charge on any atom is -0.477 e. The monoisotopic (exact) mass is 280 g/mol. The average Bonchev–Trinajstić information content (AvgIpc) is 2.27. The number of hydrogen-bond acceptors (Lipinski definition) is 5. The van der Waals surface area contributed by atoms with E-state index in [1.54, 1.807) is 0 Å². The summed E-state index contributed by atoms with van der Waals surface area (Å²) in [5, 5.41) is 19.2. The van der Waals surface area contributed by atoms with Crippen molar-refractivity contribution >= 4 is 11.7 Å². The summed E-state index contributed by atoms with van der Waals surface area (Å²) < 4.78 is 41.2. The second-order valence-electron chi connectivity index (χ2n) is 3.38. The van der Waals surface area contributed by atoms with Crippen LogP contribution in [0.3, 0.4) is 0 Å². The number of alkyl halides is 3. The highest BCUT2D eigenvalue weighted by molar-refractivity contribution is 5.85. The molecule has 0 aliphatic heterocycles. The number of nitrogens with zero attached hydrogens (tertiary/aromatic N) is 2. The van der Waals surface area contributed by atoms with Crippen LogP contribution in [0.15, 0.2) is 12.1 Å². The number of pyridine rings is 1. The van der Waals surface area contributed by atoms with Gasteiger partial charge in [-0.05, 0) is 13.0 Å². The Bertz CT molecular complexity index is 517. The van der Waals surface area contributed by atoms with Gasteiger partial charge >= 0.3 is 17.8 Å². The molecule has 10 heteroatoms. The van der Waals surface area contributed by atoms with Crippen LogP contribution in [0.2, 0.25) is 0 Å². The molecule has 104 valence electrons. The summed E-state index contributed by atoms with van der Waals surface area (Å²) in [4.78, 5) is 23.4. The van der Waals surface area contributed by atoms with Crippen LogP contribution in [0.25, 0.3) is 0 Å². The topological polar surface area (TPSA) is 103 Å². The maximum Gasteiger partial charge on any atom is 0.425 e. The number of nitro groups is 1. The Morgan fingerprint density at radius 3 is 2.53 bits per heavy atom. The third kappa shape index (κ3) is 3.53. The van der Waals surface area contributed by atoms with Gasteiger partial charge in [0.25, 0.3) is 5.88 Å². The first-order valence-corrected chi connectivity index (χ1v) is 4.75. The number of rotatable bonds is 4. The predicted octanol–water partition coefficient (Wildman–Crippen LogP) is 2.02. The number of ether oxygens (including phenoxy) is 1. The first-order valence-electron chi connectivity index (χ1n) is 4.75. The van der Waals surface area contributed by atoms with Gasteiger partial charge in [0.1, 0.15) is 0 Å². The normalized spacial score (nSPS) is 12.8. The Morgan fingerprint density at radius 1 is 1.53 bits per heavy atom. The summed E-state index contributed by atoms with van der Waals surface area (Å²) in [5.74, 6) is -2.53.